The molecule has 0 saturated carbocycles. The van der Waals surface area contributed by atoms with Gasteiger partial charge in [0.1, 0.15) is 0 Å². The third-order valence-corrected chi connectivity index (χ3v) is 6.58. The second kappa shape index (κ2) is 9.80. The van der Waals surface area contributed by atoms with E-state index in [4.69, 9.17) is 0 Å². The SMILES string of the molecule is CC(=O)c1ccc(S(=O)(=O)N(C)CCCC(=O)Nc2ccc(C(C)C)cc2)cc1. The lowest BCUT2D eigenvalue weighted by Gasteiger charge is -2.17. The number of amides is 1. The van der Waals surface area contributed by atoms with Crippen LogP contribution in [0.2, 0.25) is 0 Å². The molecular weight excluding hydrogens is 388 g/mol. The van der Waals surface area contributed by atoms with Crippen LogP contribution >= 0.6 is 0 Å². The van der Waals surface area contributed by atoms with Crippen molar-refractivity contribution in [3.63, 3.8) is 0 Å². The van der Waals surface area contributed by atoms with E-state index in [1.165, 1.54) is 48.1 Å². The molecule has 2 aromatic carbocycles. The molecule has 6 nitrogen and oxygen atoms in total. The third kappa shape index (κ3) is 6.24. The van der Waals surface area contributed by atoms with E-state index in [0.29, 0.717) is 17.9 Å². The average Bonchev–Trinajstić information content (AvgIpc) is 2.68. The van der Waals surface area contributed by atoms with Gasteiger partial charge in [-0.15, -0.1) is 0 Å². The molecule has 0 saturated heterocycles. The fourth-order valence-electron chi connectivity index (χ4n) is 2.80. The van der Waals surface area contributed by atoms with Gasteiger partial charge < -0.3 is 5.32 Å². The minimum atomic E-state index is -3.66. The summed E-state index contributed by atoms with van der Waals surface area (Å²) >= 11 is 0. The van der Waals surface area contributed by atoms with Gasteiger partial charge in [-0.05, 0) is 49.1 Å². The van der Waals surface area contributed by atoms with Crippen molar-refractivity contribution in [2.75, 3.05) is 18.9 Å². The summed E-state index contributed by atoms with van der Waals surface area (Å²) in [6, 6.07) is 13.6. The molecule has 0 fully saturated rings. The van der Waals surface area contributed by atoms with Crippen LogP contribution in [0.4, 0.5) is 5.69 Å². The maximum absolute atomic E-state index is 12.6. The van der Waals surface area contributed by atoms with E-state index in [1.807, 2.05) is 24.3 Å². The van der Waals surface area contributed by atoms with Crippen molar-refractivity contribution in [2.45, 2.75) is 44.4 Å². The third-order valence-electron chi connectivity index (χ3n) is 4.71. The Bertz CT molecular complexity index is 949. The lowest BCUT2D eigenvalue weighted by molar-refractivity contribution is -0.116. The van der Waals surface area contributed by atoms with E-state index in [1.54, 1.807) is 0 Å². The van der Waals surface area contributed by atoms with E-state index in [9.17, 15) is 18.0 Å². The first kappa shape index (κ1) is 22.8. The number of carbonyl (C=O) groups excluding carboxylic acids is 2. The molecule has 2 aromatic rings. The van der Waals surface area contributed by atoms with Gasteiger partial charge in [0.15, 0.2) is 5.78 Å². The van der Waals surface area contributed by atoms with Crippen LogP contribution in [0, 0.1) is 0 Å². The normalized spacial score (nSPS) is 11.7. The molecule has 0 aromatic heterocycles. The van der Waals surface area contributed by atoms with E-state index >= 15 is 0 Å². The molecule has 0 unspecified atom stereocenters. The fourth-order valence-corrected chi connectivity index (χ4v) is 4.01. The van der Waals surface area contributed by atoms with Crippen molar-refractivity contribution in [3.05, 3.63) is 59.7 Å². The zero-order valence-electron chi connectivity index (χ0n) is 17.3. The predicted octanol–water partition coefficient (Wildman–Crippen LogP) is 4.05. The molecule has 0 aliphatic heterocycles. The minimum Gasteiger partial charge on any atom is -0.326 e. The molecule has 0 heterocycles. The highest BCUT2D eigenvalue weighted by Crippen LogP contribution is 2.18. The first-order valence-electron chi connectivity index (χ1n) is 9.58. The summed E-state index contributed by atoms with van der Waals surface area (Å²) in [5.41, 5.74) is 2.39. The molecule has 1 amide bonds. The van der Waals surface area contributed by atoms with Crippen molar-refractivity contribution in [2.24, 2.45) is 0 Å². The van der Waals surface area contributed by atoms with Crippen LogP contribution < -0.4 is 5.32 Å². The number of hydrogen-bond donors (Lipinski definition) is 1. The first-order chi connectivity index (χ1) is 13.6. The Balaban J connectivity index is 1.86. The summed E-state index contributed by atoms with van der Waals surface area (Å²) in [5, 5.41) is 2.83. The van der Waals surface area contributed by atoms with Crippen molar-refractivity contribution >= 4 is 27.4 Å². The molecule has 0 spiro atoms. The summed E-state index contributed by atoms with van der Waals surface area (Å²) in [6.07, 6.45) is 0.617. The van der Waals surface area contributed by atoms with E-state index in [0.717, 1.165) is 5.69 Å². The van der Waals surface area contributed by atoms with Gasteiger partial charge in [0.25, 0.3) is 0 Å². The molecule has 1 N–H and O–H groups in total. The van der Waals surface area contributed by atoms with Crippen molar-refractivity contribution in [1.29, 1.82) is 0 Å². The number of nitrogens with one attached hydrogen (secondary N) is 1. The highest BCUT2D eigenvalue weighted by Gasteiger charge is 2.20. The van der Waals surface area contributed by atoms with E-state index < -0.39 is 10.0 Å². The summed E-state index contributed by atoms with van der Waals surface area (Å²) in [4.78, 5) is 23.6. The van der Waals surface area contributed by atoms with Gasteiger partial charge in [-0.3, -0.25) is 9.59 Å². The topological polar surface area (TPSA) is 83.6 Å². The highest BCUT2D eigenvalue weighted by molar-refractivity contribution is 7.89. The Hall–Kier alpha value is -2.51. The fraction of sp³-hybridized carbons (Fsp3) is 0.364. The minimum absolute atomic E-state index is 0.118. The van der Waals surface area contributed by atoms with E-state index in [-0.39, 0.29) is 29.6 Å². The Morgan fingerprint density at radius 1 is 1.00 bits per heavy atom. The number of carbonyl (C=O) groups is 2. The Morgan fingerprint density at radius 2 is 1.59 bits per heavy atom. The van der Waals surface area contributed by atoms with Crippen molar-refractivity contribution < 1.29 is 18.0 Å². The molecule has 0 bridgehead atoms. The maximum Gasteiger partial charge on any atom is 0.242 e. The zero-order chi connectivity index (χ0) is 21.6. The maximum atomic E-state index is 12.6. The molecular formula is C22H28N2O4S. The van der Waals surface area contributed by atoms with Gasteiger partial charge in [0, 0.05) is 31.3 Å². The first-order valence-corrected chi connectivity index (χ1v) is 11.0. The van der Waals surface area contributed by atoms with Gasteiger partial charge >= 0.3 is 0 Å². The van der Waals surface area contributed by atoms with Crippen LogP contribution in [0.5, 0.6) is 0 Å². The molecule has 0 radical (unpaired) electrons. The number of hydrogen-bond acceptors (Lipinski definition) is 4. The van der Waals surface area contributed by atoms with Crippen LogP contribution in [0.1, 0.15) is 55.5 Å². The van der Waals surface area contributed by atoms with Gasteiger partial charge in [0.05, 0.1) is 4.90 Å². The second-order valence-corrected chi connectivity index (χ2v) is 9.38. The molecule has 2 rings (SSSR count). The quantitative estimate of drug-likeness (QED) is 0.625. The highest BCUT2D eigenvalue weighted by atomic mass is 32.2. The smallest absolute Gasteiger partial charge is 0.242 e. The largest absolute Gasteiger partial charge is 0.326 e. The molecule has 0 aliphatic carbocycles. The van der Waals surface area contributed by atoms with Gasteiger partial charge in [0.2, 0.25) is 15.9 Å². The monoisotopic (exact) mass is 416 g/mol. The van der Waals surface area contributed by atoms with Crippen LogP contribution in [0.25, 0.3) is 0 Å². The molecule has 0 aliphatic rings. The lowest BCUT2D eigenvalue weighted by Crippen LogP contribution is -2.28. The zero-order valence-corrected chi connectivity index (χ0v) is 18.1. The Labute approximate surface area is 173 Å². The molecule has 29 heavy (non-hydrogen) atoms. The van der Waals surface area contributed by atoms with Gasteiger partial charge in [-0.1, -0.05) is 38.1 Å². The Kier molecular flexibility index (Phi) is 7.70. The lowest BCUT2D eigenvalue weighted by atomic mass is 10.0. The Morgan fingerprint density at radius 3 is 2.10 bits per heavy atom. The van der Waals surface area contributed by atoms with Crippen LogP contribution in [-0.2, 0) is 14.8 Å². The average molecular weight is 417 g/mol. The van der Waals surface area contributed by atoms with Crippen LogP contribution in [-0.4, -0.2) is 38.0 Å². The van der Waals surface area contributed by atoms with Gasteiger partial charge in [-0.2, -0.15) is 0 Å². The van der Waals surface area contributed by atoms with Crippen LogP contribution in [0.15, 0.2) is 53.4 Å². The predicted molar refractivity (Wildman–Crippen MR) is 115 cm³/mol. The summed E-state index contributed by atoms with van der Waals surface area (Å²) in [6.45, 7) is 5.86. The van der Waals surface area contributed by atoms with E-state index in [2.05, 4.69) is 19.2 Å². The number of sulfonamides is 1. The van der Waals surface area contributed by atoms with Gasteiger partial charge in [-0.25, -0.2) is 12.7 Å². The second-order valence-electron chi connectivity index (χ2n) is 7.34. The number of ketones is 1. The number of rotatable bonds is 9. The van der Waals surface area contributed by atoms with Crippen LogP contribution in [0.3, 0.4) is 0 Å². The number of Topliss-reactive ketones (excluding diaryl/α,β-unsaturated/α-hetero) is 1. The molecule has 7 heteroatoms. The summed E-state index contributed by atoms with van der Waals surface area (Å²) in [7, 11) is -2.18. The molecule has 0 atom stereocenters. The van der Waals surface area contributed by atoms with Crippen molar-refractivity contribution in [3.8, 4) is 0 Å². The summed E-state index contributed by atoms with van der Waals surface area (Å²) < 4.78 is 26.4. The standard InChI is InChI=1S/C22H28N2O4S/c1-16(2)18-7-11-20(12-8-18)23-22(26)6-5-15-24(4)29(27,28)21-13-9-19(10-14-21)17(3)25/h7-14,16H,5-6,15H2,1-4H3,(H,23,26). The number of nitrogens with zero attached hydrogens (tertiary/aromatic N) is 1. The number of benzene rings is 2. The number of anilines is 1. The summed E-state index contributed by atoms with van der Waals surface area (Å²) in [5.74, 6) is 0.155. The molecule has 156 valence electrons. The van der Waals surface area contributed by atoms with Crippen molar-refractivity contribution in [1.82, 2.24) is 4.31 Å².